The lowest BCUT2D eigenvalue weighted by atomic mass is 10.3. The van der Waals surface area contributed by atoms with Crippen LogP contribution in [0.1, 0.15) is 34.1 Å². The molecule has 0 heterocycles. The monoisotopic (exact) mass is 143 g/mol. The van der Waals surface area contributed by atoms with Crippen LogP contribution in [0.5, 0.6) is 0 Å². The minimum atomic E-state index is 0.245. The molecule has 60 valence electrons. The fourth-order valence-corrected chi connectivity index (χ4v) is 0.335. The number of hydrogen-bond donors (Lipinski definition) is 0. The fourth-order valence-electron chi connectivity index (χ4n) is 0.335. The molecule has 0 radical (unpaired) electrons. The summed E-state index contributed by atoms with van der Waals surface area (Å²) in [7, 11) is 0. The molecule has 0 amide bonds. The predicted octanol–water partition coefficient (Wildman–Crippen LogP) is 2.44. The summed E-state index contributed by atoms with van der Waals surface area (Å²) in [6, 6.07) is 0. The van der Waals surface area contributed by atoms with Gasteiger partial charge in [-0.05, 0) is 19.3 Å². The Bertz CT molecular complexity index is 99.4. The molecule has 10 heavy (non-hydrogen) atoms. The average molecular weight is 143 g/mol. The Balaban J connectivity index is 3.33. The molecule has 0 bridgehead atoms. The van der Waals surface area contributed by atoms with Gasteiger partial charge in [0.15, 0.2) is 0 Å². The summed E-state index contributed by atoms with van der Waals surface area (Å²) in [6.45, 7) is 8.24. The van der Waals surface area contributed by atoms with Gasteiger partial charge in [0.1, 0.15) is 6.10 Å². The van der Waals surface area contributed by atoms with E-state index in [1.807, 2.05) is 13.1 Å². The maximum atomic E-state index is 5.07. The molecule has 0 aliphatic carbocycles. The van der Waals surface area contributed by atoms with Crippen molar-refractivity contribution in [3.63, 3.8) is 0 Å². The van der Waals surface area contributed by atoms with Crippen molar-refractivity contribution in [1.29, 1.82) is 0 Å². The highest BCUT2D eigenvalue weighted by Gasteiger charge is 1.94. The minimum Gasteiger partial charge on any atom is -0.393 e. The summed E-state index contributed by atoms with van der Waals surface area (Å²) >= 11 is 0. The van der Waals surface area contributed by atoms with Crippen LogP contribution in [0.3, 0.4) is 0 Å². The normalized spacial score (nSPS) is 14.5. The van der Waals surface area contributed by atoms with E-state index in [1.165, 1.54) is 0 Å². The van der Waals surface area contributed by atoms with E-state index < -0.39 is 0 Å². The van der Waals surface area contributed by atoms with Crippen molar-refractivity contribution in [2.45, 2.75) is 40.2 Å². The van der Waals surface area contributed by atoms with Crippen molar-refractivity contribution in [3.05, 3.63) is 0 Å². The molecule has 1 unspecified atom stereocenters. The molecule has 2 nitrogen and oxygen atoms in total. The van der Waals surface area contributed by atoms with E-state index in [4.69, 9.17) is 4.84 Å². The molecule has 0 fully saturated rings. The zero-order chi connectivity index (χ0) is 7.98. The number of rotatable bonds is 4. The summed E-state index contributed by atoms with van der Waals surface area (Å²) in [5, 5.41) is 3.82. The lowest BCUT2D eigenvalue weighted by Crippen LogP contribution is -2.01. The number of oxime groups is 1. The lowest BCUT2D eigenvalue weighted by Gasteiger charge is -2.04. The Kier molecular flexibility index (Phi) is 4.99. The molecular formula is C8H17NO. The van der Waals surface area contributed by atoms with Crippen LogP contribution < -0.4 is 0 Å². The smallest absolute Gasteiger partial charge is 0.124 e. The third kappa shape index (κ3) is 5.60. The largest absolute Gasteiger partial charge is 0.393 e. The molecule has 0 aliphatic rings. The first-order valence-electron chi connectivity index (χ1n) is 3.86. The van der Waals surface area contributed by atoms with Crippen molar-refractivity contribution >= 4 is 6.21 Å². The van der Waals surface area contributed by atoms with Gasteiger partial charge in [0, 0.05) is 6.21 Å². The predicted molar refractivity (Wildman–Crippen MR) is 44.2 cm³/mol. The topological polar surface area (TPSA) is 21.6 Å². The zero-order valence-corrected chi connectivity index (χ0v) is 7.29. The van der Waals surface area contributed by atoms with Crippen LogP contribution in [0.15, 0.2) is 5.16 Å². The van der Waals surface area contributed by atoms with Gasteiger partial charge < -0.3 is 4.84 Å². The third-order valence-corrected chi connectivity index (χ3v) is 1.17. The van der Waals surface area contributed by atoms with Crippen LogP contribution in [0.4, 0.5) is 0 Å². The van der Waals surface area contributed by atoms with Crippen molar-refractivity contribution in [1.82, 2.24) is 0 Å². The lowest BCUT2D eigenvalue weighted by molar-refractivity contribution is 0.0703. The van der Waals surface area contributed by atoms with Gasteiger partial charge in [-0.3, -0.25) is 0 Å². The molecule has 0 aromatic carbocycles. The maximum Gasteiger partial charge on any atom is 0.124 e. The molecule has 0 aromatic rings. The Labute approximate surface area is 63.3 Å². The van der Waals surface area contributed by atoms with Gasteiger partial charge in [-0.25, -0.2) is 0 Å². The molecular weight excluding hydrogens is 126 g/mol. The standard InChI is InChI=1S/C8H17NO/c1-5-8(4)10-9-6-7(2)3/h6-8H,5H2,1-4H3. The minimum absolute atomic E-state index is 0.245. The van der Waals surface area contributed by atoms with E-state index in [-0.39, 0.29) is 6.10 Å². The molecule has 0 saturated carbocycles. The van der Waals surface area contributed by atoms with Crippen molar-refractivity contribution in [2.24, 2.45) is 11.1 Å². The first-order valence-corrected chi connectivity index (χ1v) is 3.86. The summed E-state index contributed by atoms with van der Waals surface area (Å²) < 4.78 is 0. The van der Waals surface area contributed by atoms with Crippen molar-refractivity contribution in [2.75, 3.05) is 0 Å². The van der Waals surface area contributed by atoms with E-state index in [9.17, 15) is 0 Å². The first kappa shape index (κ1) is 9.47. The van der Waals surface area contributed by atoms with E-state index in [0.717, 1.165) is 6.42 Å². The Morgan fingerprint density at radius 1 is 1.40 bits per heavy atom. The SMILES string of the molecule is CCC(C)ON=CC(C)C. The van der Waals surface area contributed by atoms with Gasteiger partial charge in [-0.15, -0.1) is 0 Å². The van der Waals surface area contributed by atoms with Gasteiger partial charge in [-0.2, -0.15) is 0 Å². The van der Waals surface area contributed by atoms with Crippen LogP contribution in [0.2, 0.25) is 0 Å². The Morgan fingerprint density at radius 3 is 2.40 bits per heavy atom. The molecule has 0 saturated heterocycles. The second kappa shape index (κ2) is 5.27. The Morgan fingerprint density at radius 2 is 2.00 bits per heavy atom. The van der Waals surface area contributed by atoms with Crippen LogP contribution in [-0.2, 0) is 4.84 Å². The summed E-state index contributed by atoms with van der Waals surface area (Å²) in [5.74, 6) is 0.476. The zero-order valence-electron chi connectivity index (χ0n) is 7.29. The van der Waals surface area contributed by atoms with E-state index >= 15 is 0 Å². The quantitative estimate of drug-likeness (QED) is 0.437. The van der Waals surface area contributed by atoms with Crippen LogP contribution in [0, 0.1) is 5.92 Å². The maximum absolute atomic E-state index is 5.07. The summed E-state index contributed by atoms with van der Waals surface area (Å²) in [4.78, 5) is 5.07. The molecule has 0 N–H and O–H groups in total. The molecule has 0 spiro atoms. The summed E-state index contributed by atoms with van der Waals surface area (Å²) in [6.07, 6.45) is 3.07. The highest BCUT2D eigenvalue weighted by molar-refractivity contribution is 5.58. The molecule has 0 aliphatic heterocycles. The van der Waals surface area contributed by atoms with E-state index in [2.05, 4.69) is 25.9 Å². The molecule has 0 aromatic heterocycles. The second-order valence-corrected chi connectivity index (χ2v) is 2.82. The number of nitrogens with zero attached hydrogens (tertiary/aromatic N) is 1. The summed E-state index contributed by atoms with van der Waals surface area (Å²) in [5.41, 5.74) is 0. The van der Waals surface area contributed by atoms with Gasteiger partial charge in [0.05, 0.1) is 0 Å². The molecule has 0 rings (SSSR count). The van der Waals surface area contributed by atoms with Crippen LogP contribution in [-0.4, -0.2) is 12.3 Å². The first-order chi connectivity index (χ1) is 4.66. The Hall–Kier alpha value is -0.530. The van der Waals surface area contributed by atoms with E-state index in [0.29, 0.717) is 5.92 Å². The van der Waals surface area contributed by atoms with Crippen molar-refractivity contribution in [3.8, 4) is 0 Å². The highest BCUT2D eigenvalue weighted by atomic mass is 16.6. The molecule has 1 atom stereocenters. The van der Waals surface area contributed by atoms with E-state index in [1.54, 1.807) is 0 Å². The fraction of sp³-hybridized carbons (Fsp3) is 0.875. The second-order valence-electron chi connectivity index (χ2n) is 2.82. The van der Waals surface area contributed by atoms with Gasteiger partial charge in [-0.1, -0.05) is 25.9 Å². The van der Waals surface area contributed by atoms with Gasteiger partial charge in [0.25, 0.3) is 0 Å². The highest BCUT2D eigenvalue weighted by Crippen LogP contribution is 1.96. The van der Waals surface area contributed by atoms with Gasteiger partial charge in [0.2, 0.25) is 0 Å². The van der Waals surface area contributed by atoms with Crippen molar-refractivity contribution < 1.29 is 4.84 Å². The molecule has 2 heteroatoms. The van der Waals surface area contributed by atoms with Gasteiger partial charge >= 0.3 is 0 Å². The van der Waals surface area contributed by atoms with Crippen LogP contribution in [0.25, 0.3) is 0 Å². The average Bonchev–Trinajstić information content (AvgIpc) is 1.87. The van der Waals surface area contributed by atoms with Crippen LogP contribution >= 0.6 is 0 Å². The third-order valence-electron chi connectivity index (χ3n) is 1.17. The number of hydrogen-bond acceptors (Lipinski definition) is 2.